The molecule has 138 valence electrons. The van der Waals surface area contributed by atoms with Gasteiger partial charge in [0.05, 0.1) is 24.8 Å². The first kappa shape index (κ1) is 19.3. The van der Waals surface area contributed by atoms with Crippen LogP contribution < -0.4 is 5.32 Å². The molecule has 2 aromatic rings. The number of ether oxygens (including phenoxy) is 1. The maximum absolute atomic E-state index is 13.2. The standard InChI is InChI=1S/C19H19BrClFN2O2/c20-16-11-13(22)5-6-14(16)19(25)23-12-18(24-7-9-26-10-8-24)15-3-1-2-4-17(15)21/h1-6,11,18H,7-10,12H2,(H,23,25). The van der Waals surface area contributed by atoms with Crippen molar-refractivity contribution in [3.8, 4) is 0 Å². The van der Waals surface area contributed by atoms with Crippen LogP contribution in [0.4, 0.5) is 4.39 Å². The highest BCUT2D eigenvalue weighted by atomic mass is 79.9. The molecule has 1 N–H and O–H groups in total. The van der Waals surface area contributed by atoms with Crippen LogP contribution in [0.3, 0.4) is 0 Å². The van der Waals surface area contributed by atoms with Crippen molar-refractivity contribution < 1.29 is 13.9 Å². The van der Waals surface area contributed by atoms with Gasteiger partial charge in [0.15, 0.2) is 0 Å². The van der Waals surface area contributed by atoms with E-state index in [2.05, 4.69) is 26.1 Å². The van der Waals surface area contributed by atoms with Gasteiger partial charge in [0.25, 0.3) is 5.91 Å². The number of hydrogen-bond acceptors (Lipinski definition) is 3. The summed E-state index contributed by atoms with van der Waals surface area (Å²) in [4.78, 5) is 14.8. The Morgan fingerprint density at radius 2 is 2.00 bits per heavy atom. The molecule has 0 spiro atoms. The number of carbonyl (C=O) groups excluding carboxylic acids is 1. The summed E-state index contributed by atoms with van der Waals surface area (Å²) in [7, 11) is 0. The number of rotatable bonds is 5. The van der Waals surface area contributed by atoms with Crippen LogP contribution in [-0.4, -0.2) is 43.7 Å². The second-order valence-electron chi connectivity index (χ2n) is 6.02. The number of benzene rings is 2. The number of nitrogens with one attached hydrogen (secondary N) is 1. The van der Waals surface area contributed by atoms with E-state index >= 15 is 0 Å². The zero-order valence-corrected chi connectivity index (χ0v) is 16.4. The summed E-state index contributed by atoms with van der Waals surface area (Å²) >= 11 is 9.63. The first-order chi connectivity index (χ1) is 12.6. The highest BCUT2D eigenvalue weighted by Crippen LogP contribution is 2.28. The summed E-state index contributed by atoms with van der Waals surface area (Å²) in [6.07, 6.45) is 0. The third-order valence-corrected chi connectivity index (χ3v) is 5.38. The van der Waals surface area contributed by atoms with E-state index in [1.54, 1.807) is 0 Å². The molecule has 1 fully saturated rings. The summed E-state index contributed by atoms with van der Waals surface area (Å²) in [5, 5.41) is 3.62. The molecule has 1 amide bonds. The number of carbonyl (C=O) groups is 1. The maximum Gasteiger partial charge on any atom is 0.252 e. The van der Waals surface area contributed by atoms with Gasteiger partial charge in [0.2, 0.25) is 0 Å². The molecule has 1 unspecified atom stereocenters. The van der Waals surface area contributed by atoms with Crippen LogP contribution in [0.1, 0.15) is 22.0 Å². The predicted octanol–water partition coefficient (Wildman–Crippen LogP) is 4.04. The summed E-state index contributed by atoms with van der Waals surface area (Å²) < 4.78 is 19.1. The number of nitrogens with zero attached hydrogens (tertiary/aromatic N) is 1. The fourth-order valence-corrected chi connectivity index (χ4v) is 3.82. The van der Waals surface area contributed by atoms with Gasteiger partial charge in [0, 0.05) is 29.1 Å². The largest absolute Gasteiger partial charge is 0.379 e. The maximum atomic E-state index is 13.2. The van der Waals surface area contributed by atoms with E-state index in [0.717, 1.165) is 18.7 Å². The minimum Gasteiger partial charge on any atom is -0.379 e. The van der Waals surface area contributed by atoms with Gasteiger partial charge in [-0.2, -0.15) is 0 Å². The van der Waals surface area contributed by atoms with E-state index in [1.165, 1.54) is 18.2 Å². The Hall–Kier alpha value is -1.47. The number of amides is 1. The Labute approximate surface area is 165 Å². The smallest absolute Gasteiger partial charge is 0.252 e. The van der Waals surface area contributed by atoms with Gasteiger partial charge in [-0.15, -0.1) is 0 Å². The van der Waals surface area contributed by atoms with Crippen molar-refractivity contribution in [2.75, 3.05) is 32.8 Å². The molecule has 1 aliphatic rings. The predicted molar refractivity (Wildman–Crippen MR) is 103 cm³/mol. The Morgan fingerprint density at radius 1 is 1.27 bits per heavy atom. The fraction of sp³-hybridized carbons (Fsp3) is 0.316. The molecule has 1 saturated heterocycles. The minimum atomic E-state index is -0.393. The number of halogens is 3. The van der Waals surface area contributed by atoms with Crippen LogP contribution in [0.15, 0.2) is 46.9 Å². The molecular weight excluding hydrogens is 423 g/mol. The van der Waals surface area contributed by atoms with Gasteiger partial charge in [0.1, 0.15) is 5.82 Å². The normalized spacial score (nSPS) is 16.3. The van der Waals surface area contributed by atoms with Crippen molar-refractivity contribution in [3.05, 3.63) is 68.9 Å². The lowest BCUT2D eigenvalue weighted by molar-refractivity contribution is 0.0162. The van der Waals surface area contributed by atoms with Gasteiger partial charge in [-0.3, -0.25) is 9.69 Å². The highest BCUT2D eigenvalue weighted by molar-refractivity contribution is 9.10. The average molecular weight is 442 g/mol. The van der Waals surface area contributed by atoms with Gasteiger partial charge in [-0.25, -0.2) is 4.39 Å². The summed E-state index contributed by atoms with van der Waals surface area (Å²) in [6.45, 7) is 3.24. The highest BCUT2D eigenvalue weighted by Gasteiger charge is 2.25. The van der Waals surface area contributed by atoms with Gasteiger partial charge in [-0.1, -0.05) is 29.8 Å². The van der Waals surface area contributed by atoms with Crippen LogP contribution in [0, 0.1) is 5.82 Å². The van der Waals surface area contributed by atoms with E-state index < -0.39 is 5.82 Å². The van der Waals surface area contributed by atoms with Crippen LogP contribution in [0.5, 0.6) is 0 Å². The average Bonchev–Trinajstić information content (AvgIpc) is 2.64. The van der Waals surface area contributed by atoms with Crippen LogP contribution in [0.25, 0.3) is 0 Å². The first-order valence-electron chi connectivity index (χ1n) is 8.35. The molecule has 0 aliphatic carbocycles. The van der Waals surface area contributed by atoms with Crippen molar-refractivity contribution in [3.63, 3.8) is 0 Å². The van der Waals surface area contributed by atoms with E-state index in [4.69, 9.17) is 16.3 Å². The Morgan fingerprint density at radius 3 is 2.69 bits per heavy atom. The van der Waals surface area contributed by atoms with Crippen molar-refractivity contribution in [2.24, 2.45) is 0 Å². The summed E-state index contributed by atoms with van der Waals surface area (Å²) in [5.74, 6) is -0.655. The summed E-state index contributed by atoms with van der Waals surface area (Å²) in [6, 6.07) is 11.6. The second kappa shape index (κ2) is 8.95. The molecular formula is C19H19BrClFN2O2. The van der Waals surface area contributed by atoms with Crippen molar-refractivity contribution >= 4 is 33.4 Å². The first-order valence-corrected chi connectivity index (χ1v) is 9.53. The topological polar surface area (TPSA) is 41.6 Å². The lowest BCUT2D eigenvalue weighted by Gasteiger charge is -2.35. The molecule has 0 radical (unpaired) electrons. The molecule has 26 heavy (non-hydrogen) atoms. The quantitative estimate of drug-likeness (QED) is 0.761. The minimum absolute atomic E-state index is 0.0595. The van der Waals surface area contributed by atoms with Crippen LogP contribution in [0.2, 0.25) is 5.02 Å². The summed E-state index contributed by atoms with van der Waals surface area (Å²) in [5.41, 5.74) is 1.36. The van der Waals surface area contributed by atoms with Crippen molar-refractivity contribution in [1.82, 2.24) is 10.2 Å². The van der Waals surface area contributed by atoms with E-state index in [9.17, 15) is 9.18 Å². The molecule has 2 aromatic carbocycles. The van der Waals surface area contributed by atoms with Gasteiger partial charge in [-0.05, 0) is 45.8 Å². The zero-order chi connectivity index (χ0) is 18.5. The van der Waals surface area contributed by atoms with E-state index in [1.807, 2.05) is 24.3 Å². The Bertz CT molecular complexity index is 784. The van der Waals surface area contributed by atoms with Crippen molar-refractivity contribution in [1.29, 1.82) is 0 Å². The molecule has 1 atom stereocenters. The van der Waals surface area contributed by atoms with Crippen LogP contribution >= 0.6 is 27.5 Å². The lowest BCUT2D eigenvalue weighted by atomic mass is 10.0. The lowest BCUT2D eigenvalue weighted by Crippen LogP contribution is -2.44. The molecule has 1 aliphatic heterocycles. The van der Waals surface area contributed by atoms with E-state index in [-0.39, 0.29) is 11.9 Å². The van der Waals surface area contributed by atoms with Crippen LogP contribution in [-0.2, 0) is 4.74 Å². The SMILES string of the molecule is O=C(NCC(c1ccccc1Cl)N1CCOCC1)c1ccc(F)cc1Br. The monoisotopic (exact) mass is 440 g/mol. The van der Waals surface area contributed by atoms with Crippen molar-refractivity contribution in [2.45, 2.75) is 6.04 Å². The molecule has 3 rings (SSSR count). The fourth-order valence-electron chi connectivity index (χ4n) is 3.03. The van der Waals surface area contributed by atoms with Gasteiger partial charge >= 0.3 is 0 Å². The van der Waals surface area contributed by atoms with E-state index in [0.29, 0.717) is 34.8 Å². The molecule has 4 nitrogen and oxygen atoms in total. The molecule has 0 bridgehead atoms. The third kappa shape index (κ3) is 4.62. The second-order valence-corrected chi connectivity index (χ2v) is 7.28. The molecule has 0 aromatic heterocycles. The Balaban J connectivity index is 1.77. The molecule has 1 heterocycles. The Kier molecular flexibility index (Phi) is 6.64. The number of morpholine rings is 1. The van der Waals surface area contributed by atoms with Gasteiger partial charge < -0.3 is 10.1 Å². The molecule has 7 heteroatoms. The third-order valence-electron chi connectivity index (χ3n) is 4.38. The zero-order valence-electron chi connectivity index (χ0n) is 14.1. The molecule has 0 saturated carbocycles. The number of hydrogen-bond donors (Lipinski definition) is 1.